The lowest BCUT2D eigenvalue weighted by molar-refractivity contribution is 0.411. The second-order valence-corrected chi connectivity index (χ2v) is 6.54. The van der Waals surface area contributed by atoms with Crippen molar-refractivity contribution in [3.8, 4) is 5.75 Å². The number of hydrogen-bond acceptors (Lipinski definition) is 5. The van der Waals surface area contributed by atoms with Crippen LogP contribution in [-0.4, -0.2) is 21.9 Å². The minimum absolute atomic E-state index is 0.483. The Labute approximate surface area is 130 Å². The van der Waals surface area contributed by atoms with Gasteiger partial charge in [0.05, 0.1) is 7.11 Å². The molecule has 0 spiro atoms. The van der Waals surface area contributed by atoms with Gasteiger partial charge in [0.15, 0.2) is 5.16 Å². The molecule has 1 aliphatic carbocycles. The molecule has 2 aromatic rings. The molecule has 0 atom stereocenters. The van der Waals surface area contributed by atoms with E-state index in [1.54, 1.807) is 18.9 Å². The van der Waals surface area contributed by atoms with Crippen LogP contribution in [0, 0.1) is 0 Å². The predicted molar refractivity (Wildman–Crippen MR) is 83.0 cm³/mol. The van der Waals surface area contributed by atoms with Crippen LogP contribution in [-0.2, 0) is 5.75 Å². The number of anilines is 1. The van der Waals surface area contributed by atoms with E-state index in [-0.39, 0.29) is 0 Å². The zero-order valence-corrected chi connectivity index (χ0v) is 13.4. The fraction of sp³-hybridized carbons (Fsp3) is 0.385. The molecule has 1 fully saturated rings. The quantitative estimate of drug-likeness (QED) is 0.834. The number of benzene rings is 1. The minimum atomic E-state index is 0.483. The first-order chi connectivity index (χ1) is 9.69. The Bertz CT molecular complexity index is 627. The molecule has 2 N–H and O–H groups in total. The van der Waals surface area contributed by atoms with Gasteiger partial charge >= 0.3 is 0 Å². The topological polar surface area (TPSA) is 66.0 Å². The van der Waals surface area contributed by atoms with Gasteiger partial charge in [-0.2, -0.15) is 0 Å². The molecular formula is C13H15BrN4OS. The fourth-order valence-electron chi connectivity index (χ4n) is 2.06. The Kier molecular flexibility index (Phi) is 3.89. The average molecular weight is 355 g/mol. The molecule has 1 aliphatic rings. The van der Waals surface area contributed by atoms with Crippen LogP contribution in [0.3, 0.4) is 0 Å². The summed E-state index contributed by atoms with van der Waals surface area (Å²) in [4.78, 5) is 0. The first kappa shape index (κ1) is 13.8. The van der Waals surface area contributed by atoms with Crippen molar-refractivity contribution in [2.75, 3.05) is 12.8 Å². The highest BCUT2D eigenvalue weighted by Crippen LogP contribution is 2.40. The first-order valence-corrected chi connectivity index (χ1v) is 8.12. The number of nitrogens with zero attached hydrogens (tertiary/aromatic N) is 3. The summed E-state index contributed by atoms with van der Waals surface area (Å²) in [5.41, 5.74) is 7.00. The summed E-state index contributed by atoms with van der Waals surface area (Å²) in [7, 11) is 1.68. The molecule has 106 valence electrons. The van der Waals surface area contributed by atoms with Crippen molar-refractivity contribution >= 4 is 33.6 Å². The molecule has 1 aromatic heterocycles. The number of rotatable bonds is 5. The molecule has 0 unspecified atom stereocenters. The summed E-state index contributed by atoms with van der Waals surface area (Å²) in [6.07, 6.45) is 2.33. The summed E-state index contributed by atoms with van der Waals surface area (Å²) < 4.78 is 8.46. The van der Waals surface area contributed by atoms with Gasteiger partial charge in [0.1, 0.15) is 5.75 Å². The minimum Gasteiger partial charge on any atom is -0.496 e. The SMILES string of the molecule is COc1ccc(Br)cc1CSc1nnc(N)n1C1CC1. The second-order valence-electron chi connectivity index (χ2n) is 4.69. The molecular weight excluding hydrogens is 340 g/mol. The van der Waals surface area contributed by atoms with Crippen LogP contribution in [0.5, 0.6) is 5.75 Å². The number of nitrogens with two attached hydrogens (primary N) is 1. The average Bonchev–Trinajstić information content (AvgIpc) is 3.20. The third-order valence-electron chi connectivity index (χ3n) is 3.20. The van der Waals surface area contributed by atoms with Gasteiger partial charge in [-0.15, -0.1) is 10.2 Å². The lowest BCUT2D eigenvalue weighted by atomic mass is 10.2. The second kappa shape index (κ2) is 5.65. The summed E-state index contributed by atoms with van der Waals surface area (Å²) >= 11 is 5.12. The molecule has 0 bridgehead atoms. The third kappa shape index (κ3) is 2.78. The zero-order chi connectivity index (χ0) is 14.1. The molecule has 1 saturated carbocycles. The van der Waals surface area contributed by atoms with E-state index >= 15 is 0 Å². The molecule has 0 aliphatic heterocycles. The van der Waals surface area contributed by atoms with Crippen molar-refractivity contribution in [1.82, 2.24) is 14.8 Å². The van der Waals surface area contributed by atoms with E-state index in [0.717, 1.165) is 39.5 Å². The standard InChI is InChI=1S/C13H15BrN4OS/c1-19-11-5-2-9(14)6-8(11)7-20-13-17-16-12(15)18(13)10-3-4-10/h2,5-6,10H,3-4,7H2,1H3,(H2,15,16). The maximum atomic E-state index is 5.88. The zero-order valence-electron chi connectivity index (χ0n) is 11.0. The van der Waals surface area contributed by atoms with Crippen LogP contribution in [0.4, 0.5) is 5.95 Å². The van der Waals surface area contributed by atoms with Crippen molar-refractivity contribution < 1.29 is 4.74 Å². The van der Waals surface area contributed by atoms with E-state index in [1.165, 1.54) is 0 Å². The van der Waals surface area contributed by atoms with Gasteiger partial charge in [0.25, 0.3) is 0 Å². The van der Waals surface area contributed by atoms with Crippen molar-refractivity contribution in [3.63, 3.8) is 0 Å². The maximum absolute atomic E-state index is 5.88. The van der Waals surface area contributed by atoms with Gasteiger partial charge in [-0.25, -0.2) is 0 Å². The summed E-state index contributed by atoms with van der Waals surface area (Å²) in [6, 6.07) is 6.47. The van der Waals surface area contributed by atoms with Gasteiger partial charge in [-0.1, -0.05) is 27.7 Å². The number of halogens is 1. The monoisotopic (exact) mass is 354 g/mol. The number of nitrogen functional groups attached to an aromatic ring is 1. The molecule has 3 rings (SSSR count). The summed E-state index contributed by atoms with van der Waals surface area (Å²) in [5, 5.41) is 9.03. The predicted octanol–water partition coefficient (Wildman–Crippen LogP) is 3.26. The van der Waals surface area contributed by atoms with Crippen LogP contribution in [0.25, 0.3) is 0 Å². The van der Waals surface area contributed by atoms with E-state index in [0.29, 0.717) is 12.0 Å². The Hall–Kier alpha value is -1.21. The van der Waals surface area contributed by atoms with E-state index in [9.17, 15) is 0 Å². The van der Waals surface area contributed by atoms with E-state index in [2.05, 4.69) is 32.2 Å². The van der Waals surface area contributed by atoms with Gasteiger partial charge < -0.3 is 10.5 Å². The Morgan fingerprint density at radius 1 is 1.45 bits per heavy atom. The highest BCUT2D eigenvalue weighted by atomic mass is 79.9. The lowest BCUT2D eigenvalue weighted by Crippen LogP contribution is -2.02. The summed E-state index contributed by atoms with van der Waals surface area (Å²) in [5.74, 6) is 2.16. The van der Waals surface area contributed by atoms with Gasteiger partial charge in [-0.3, -0.25) is 4.57 Å². The molecule has 0 saturated heterocycles. The van der Waals surface area contributed by atoms with Gasteiger partial charge in [0.2, 0.25) is 5.95 Å². The normalized spacial score (nSPS) is 14.5. The molecule has 1 aromatic carbocycles. The van der Waals surface area contributed by atoms with Gasteiger partial charge in [0, 0.05) is 21.8 Å². The number of aromatic nitrogens is 3. The van der Waals surface area contributed by atoms with Crippen molar-refractivity contribution in [2.24, 2.45) is 0 Å². The van der Waals surface area contributed by atoms with Crippen molar-refractivity contribution in [3.05, 3.63) is 28.2 Å². The maximum Gasteiger partial charge on any atom is 0.222 e. The summed E-state index contributed by atoms with van der Waals surface area (Å²) in [6.45, 7) is 0. The Morgan fingerprint density at radius 3 is 2.95 bits per heavy atom. The largest absolute Gasteiger partial charge is 0.496 e. The Balaban J connectivity index is 1.78. The van der Waals surface area contributed by atoms with Crippen molar-refractivity contribution in [1.29, 1.82) is 0 Å². The van der Waals surface area contributed by atoms with Crippen LogP contribution in [0.15, 0.2) is 27.8 Å². The van der Waals surface area contributed by atoms with Gasteiger partial charge in [-0.05, 0) is 31.0 Å². The van der Waals surface area contributed by atoms with E-state index in [4.69, 9.17) is 10.5 Å². The van der Waals surface area contributed by atoms with Crippen LogP contribution < -0.4 is 10.5 Å². The van der Waals surface area contributed by atoms with E-state index < -0.39 is 0 Å². The number of hydrogen-bond donors (Lipinski definition) is 1. The molecule has 20 heavy (non-hydrogen) atoms. The van der Waals surface area contributed by atoms with E-state index in [1.807, 2.05) is 16.7 Å². The third-order valence-corrected chi connectivity index (χ3v) is 4.69. The lowest BCUT2D eigenvalue weighted by Gasteiger charge is -2.09. The molecule has 0 radical (unpaired) electrons. The van der Waals surface area contributed by atoms with Crippen LogP contribution in [0.1, 0.15) is 24.4 Å². The molecule has 0 amide bonds. The molecule has 1 heterocycles. The van der Waals surface area contributed by atoms with Crippen molar-refractivity contribution in [2.45, 2.75) is 29.8 Å². The highest BCUT2D eigenvalue weighted by molar-refractivity contribution is 9.10. The smallest absolute Gasteiger partial charge is 0.222 e. The highest BCUT2D eigenvalue weighted by Gasteiger charge is 2.28. The first-order valence-electron chi connectivity index (χ1n) is 6.34. The fourth-order valence-corrected chi connectivity index (χ4v) is 3.46. The number of ether oxygens (including phenoxy) is 1. The molecule has 5 nitrogen and oxygen atoms in total. The van der Waals surface area contributed by atoms with Crippen LogP contribution in [0.2, 0.25) is 0 Å². The Morgan fingerprint density at radius 2 is 2.25 bits per heavy atom. The van der Waals surface area contributed by atoms with Crippen LogP contribution >= 0.6 is 27.7 Å². The number of methoxy groups -OCH3 is 1. The number of thioether (sulfide) groups is 1. The molecule has 7 heteroatoms.